The smallest absolute Gasteiger partial charge is 0.253 e. The molecule has 0 atom stereocenters. The van der Waals surface area contributed by atoms with E-state index in [1.54, 1.807) is 0 Å². The molecule has 1 aromatic carbocycles. The number of carbonyl (C=O) groups is 1. The van der Waals surface area contributed by atoms with E-state index < -0.39 is 0 Å². The second kappa shape index (κ2) is 8.05. The van der Waals surface area contributed by atoms with Gasteiger partial charge in [0.25, 0.3) is 5.91 Å². The predicted molar refractivity (Wildman–Crippen MR) is 107 cm³/mol. The van der Waals surface area contributed by atoms with Gasteiger partial charge in [-0.3, -0.25) is 4.79 Å². The van der Waals surface area contributed by atoms with Gasteiger partial charge in [-0.05, 0) is 37.8 Å². The minimum atomic E-state index is 0.0412. The lowest BCUT2D eigenvalue weighted by atomic mass is 10.0. The third-order valence-electron chi connectivity index (χ3n) is 5.01. The number of aryl methyl sites for hydroxylation is 1. The molecule has 24 heavy (non-hydrogen) atoms. The van der Waals surface area contributed by atoms with E-state index in [0.29, 0.717) is 5.92 Å². The SMILES string of the molecule is CCn1cc(C(=O)NCC2CCCCCC2)c2c(Br)cc(Br)cc21. The maximum Gasteiger partial charge on any atom is 0.253 e. The monoisotopic (exact) mass is 454 g/mol. The van der Waals surface area contributed by atoms with Crippen molar-refractivity contribution in [2.24, 2.45) is 5.92 Å². The molecule has 2 aromatic rings. The van der Waals surface area contributed by atoms with Crippen LogP contribution in [0.3, 0.4) is 0 Å². The summed E-state index contributed by atoms with van der Waals surface area (Å²) in [6.07, 6.45) is 9.75. The molecule has 1 aromatic heterocycles. The lowest BCUT2D eigenvalue weighted by Gasteiger charge is -2.14. The van der Waals surface area contributed by atoms with E-state index in [-0.39, 0.29) is 5.91 Å². The number of halogens is 2. The molecule has 1 saturated carbocycles. The van der Waals surface area contributed by atoms with Crippen molar-refractivity contribution in [2.45, 2.75) is 52.0 Å². The lowest BCUT2D eigenvalue weighted by molar-refractivity contribution is 0.0947. The van der Waals surface area contributed by atoms with Crippen LogP contribution in [0.15, 0.2) is 27.3 Å². The molecule has 1 N–H and O–H groups in total. The molecule has 1 heterocycles. The normalized spacial score (nSPS) is 16.3. The molecule has 0 aliphatic heterocycles. The van der Waals surface area contributed by atoms with Crippen LogP contribution >= 0.6 is 31.9 Å². The molecule has 0 spiro atoms. The Labute approximate surface area is 160 Å². The maximum atomic E-state index is 12.8. The quantitative estimate of drug-likeness (QED) is 0.573. The summed E-state index contributed by atoms with van der Waals surface area (Å²) in [5.41, 5.74) is 1.85. The van der Waals surface area contributed by atoms with Gasteiger partial charge in [0, 0.05) is 33.6 Å². The standard InChI is InChI=1S/C19H24Br2N2O/c1-2-23-12-15(18-16(21)9-14(20)10-17(18)23)19(24)22-11-13-7-5-3-4-6-8-13/h9-10,12-13H,2-8,11H2,1H3,(H,22,24). The van der Waals surface area contributed by atoms with Gasteiger partial charge in [0.05, 0.1) is 11.1 Å². The van der Waals surface area contributed by atoms with Crippen LogP contribution in [0.1, 0.15) is 55.8 Å². The predicted octanol–water partition coefficient (Wildman–Crippen LogP) is 5.89. The molecule has 3 rings (SSSR count). The van der Waals surface area contributed by atoms with Crippen LogP contribution in [0.25, 0.3) is 10.9 Å². The lowest BCUT2D eigenvalue weighted by Crippen LogP contribution is -2.29. The van der Waals surface area contributed by atoms with Crippen LogP contribution in [0.2, 0.25) is 0 Å². The summed E-state index contributed by atoms with van der Waals surface area (Å²) < 4.78 is 4.10. The van der Waals surface area contributed by atoms with Crippen molar-refractivity contribution < 1.29 is 4.79 Å². The fourth-order valence-corrected chi connectivity index (χ4v) is 5.09. The number of hydrogen-bond donors (Lipinski definition) is 1. The van der Waals surface area contributed by atoms with Crippen LogP contribution in [0.4, 0.5) is 0 Å². The van der Waals surface area contributed by atoms with Crippen LogP contribution in [0, 0.1) is 5.92 Å². The average Bonchev–Trinajstić information content (AvgIpc) is 2.74. The van der Waals surface area contributed by atoms with Gasteiger partial charge in [0.1, 0.15) is 0 Å². The summed E-state index contributed by atoms with van der Waals surface area (Å²) in [6, 6.07) is 4.08. The van der Waals surface area contributed by atoms with Gasteiger partial charge < -0.3 is 9.88 Å². The Morgan fingerprint density at radius 3 is 2.58 bits per heavy atom. The van der Waals surface area contributed by atoms with Crippen LogP contribution in [-0.2, 0) is 6.54 Å². The zero-order valence-corrected chi connectivity index (χ0v) is 17.2. The van der Waals surface area contributed by atoms with Crippen LogP contribution in [-0.4, -0.2) is 17.0 Å². The highest BCUT2D eigenvalue weighted by Gasteiger charge is 2.19. The van der Waals surface area contributed by atoms with Gasteiger partial charge in [-0.25, -0.2) is 0 Å². The van der Waals surface area contributed by atoms with E-state index in [1.165, 1.54) is 38.5 Å². The fraction of sp³-hybridized carbons (Fsp3) is 0.526. The van der Waals surface area contributed by atoms with E-state index in [2.05, 4.69) is 54.7 Å². The van der Waals surface area contributed by atoms with Gasteiger partial charge in [-0.2, -0.15) is 0 Å². The Balaban J connectivity index is 1.81. The number of nitrogens with zero attached hydrogens (tertiary/aromatic N) is 1. The molecule has 0 bridgehead atoms. The second-order valence-electron chi connectivity index (χ2n) is 6.68. The number of benzene rings is 1. The first kappa shape index (κ1) is 18.0. The number of nitrogens with one attached hydrogen (secondary N) is 1. The van der Waals surface area contributed by atoms with Gasteiger partial charge in [-0.1, -0.05) is 57.5 Å². The Bertz CT molecular complexity index is 731. The molecule has 0 radical (unpaired) electrons. The van der Waals surface area contributed by atoms with Crippen molar-refractivity contribution in [1.82, 2.24) is 9.88 Å². The summed E-state index contributed by atoms with van der Waals surface area (Å²) >= 11 is 7.16. The number of hydrogen-bond acceptors (Lipinski definition) is 1. The average molecular weight is 456 g/mol. The van der Waals surface area contributed by atoms with E-state index in [1.807, 2.05) is 12.3 Å². The van der Waals surface area contributed by atoms with Crippen molar-refractivity contribution in [2.75, 3.05) is 6.54 Å². The minimum absolute atomic E-state index is 0.0412. The highest BCUT2D eigenvalue weighted by molar-refractivity contribution is 9.11. The Hall–Kier alpha value is -0.810. The van der Waals surface area contributed by atoms with Crippen molar-refractivity contribution in [3.05, 3.63) is 32.8 Å². The molecule has 130 valence electrons. The first-order valence-electron chi connectivity index (χ1n) is 8.86. The molecule has 5 heteroatoms. The Kier molecular flexibility index (Phi) is 6.03. The van der Waals surface area contributed by atoms with Crippen molar-refractivity contribution >= 4 is 48.7 Å². The molecule has 0 saturated heterocycles. The topological polar surface area (TPSA) is 34.0 Å². The fourth-order valence-electron chi connectivity index (χ4n) is 3.68. The van der Waals surface area contributed by atoms with Gasteiger partial charge in [-0.15, -0.1) is 0 Å². The van der Waals surface area contributed by atoms with Crippen LogP contribution < -0.4 is 5.32 Å². The highest BCUT2D eigenvalue weighted by Crippen LogP contribution is 2.32. The minimum Gasteiger partial charge on any atom is -0.352 e. The maximum absolute atomic E-state index is 12.8. The third kappa shape index (κ3) is 3.88. The van der Waals surface area contributed by atoms with Crippen LogP contribution in [0.5, 0.6) is 0 Å². The number of carbonyl (C=O) groups excluding carboxylic acids is 1. The Morgan fingerprint density at radius 1 is 1.21 bits per heavy atom. The zero-order chi connectivity index (χ0) is 17.1. The van der Waals surface area contributed by atoms with Crippen molar-refractivity contribution in [3.8, 4) is 0 Å². The summed E-state index contributed by atoms with van der Waals surface area (Å²) in [6.45, 7) is 3.74. The number of amides is 1. The van der Waals surface area contributed by atoms with E-state index >= 15 is 0 Å². The van der Waals surface area contributed by atoms with E-state index in [4.69, 9.17) is 0 Å². The third-order valence-corrected chi connectivity index (χ3v) is 6.09. The van der Waals surface area contributed by atoms with E-state index in [0.717, 1.165) is 38.5 Å². The Morgan fingerprint density at radius 2 is 1.92 bits per heavy atom. The molecule has 1 fully saturated rings. The van der Waals surface area contributed by atoms with Gasteiger partial charge in [0.15, 0.2) is 0 Å². The first-order valence-corrected chi connectivity index (χ1v) is 10.4. The molecular weight excluding hydrogens is 432 g/mol. The summed E-state index contributed by atoms with van der Waals surface area (Å²) in [4.78, 5) is 12.8. The number of rotatable bonds is 4. The molecule has 3 nitrogen and oxygen atoms in total. The summed E-state index contributed by atoms with van der Waals surface area (Å²) in [5.74, 6) is 0.674. The molecular formula is C19H24Br2N2O. The van der Waals surface area contributed by atoms with Gasteiger partial charge >= 0.3 is 0 Å². The molecule has 1 amide bonds. The molecule has 1 aliphatic carbocycles. The largest absolute Gasteiger partial charge is 0.352 e. The second-order valence-corrected chi connectivity index (χ2v) is 8.45. The van der Waals surface area contributed by atoms with Crippen molar-refractivity contribution in [3.63, 3.8) is 0 Å². The first-order chi connectivity index (χ1) is 11.6. The molecule has 0 unspecified atom stereocenters. The van der Waals surface area contributed by atoms with E-state index in [9.17, 15) is 4.79 Å². The summed E-state index contributed by atoms with van der Waals surface area (Å²) in [7, 11) is 0. The summed E-state index contributed by atoms with van der Waals surface area (Å²) in [5, 5.41) is 4.18. The molecule has 1 aliphatic rings. The zero-order valence-electron chi connectivity index (χ0n) is 14.1. The number of aromatic nitrogens is 1. The highest BCUT2D eigenvalue weighted by atomic mass is 79.9. The van der Waals surface area contributed by atoms with Gasteiger partial charge in [0.2, 0.25) is 0 Å². The van der Waals surface area contributed by atoms with Crippen molar-refractivity contribution in [1.29, 1.82) is 0 Å². The number of fused-ring (bicyclic) bond motifs is 1.